The van der Waals surface area contributed by atoms with Crippen LogP contribution < -0.4 is 14.8 Å². The van der Waals surface area contributed by atoms with Crippen LogP contribution in [0.2, 0.25) is 0 Å². The van der Waals surface area contributed by atoms with Crippen LogP contribution in [0.3, 0.4) is 0 Å². The molecule has 1 atom stereocenters. The summed E-state index contributed by atoms with van der Waals surface area (Å²) in [6, 6.07) is 10.1. The van der Waals surface area contributed by atoms with Crippen LogP contribution in [0.25, 0.3) is 0 Å². The van der Waals surface area contributed by atoms with E-state index in [1.165, 1.54) is 0 Å². The molecule has 1 unspecified atom stereocenters. The maximum Gasteiger partial charge on any atom is 0.163 e. The van der Waals surface area contributed by atoms with Crippen LogP contribution >= 0.6 is 0 Å². The normalized spacial score (nSPS) is 15.0. The van der Waals surface area contributed by atoms with E-state index in [9.17, 15) is 0 Å². The fourth-order valence-electron chi connectivity index (χ4n) is 2.20. The zero-order valence-corrected chi connectivity index (χ0v) is 10.9. The molecular weight excluding hydrogens is 242 g/mol. The molecule has 0 fully saturated rings. The van der Waals surface area contributed by atoms with E-state index >= 15 is 0 Å². The van der Waals surface area contributed by atoms with Crippen LogP contribution in [0.5, 0.6) is 11.5 Å². The van der Waals surface area contributed by atoms with Gasteiger partial charge < -0.3 is 19.2 Å². The lowest BCUT2D eigenvalue weighted by molar-refractivity contribution is 0.171. The molecule has 0 amide bonds. The molecule has 1 aliphatic heterocycles. The van der Waals surface area contributed by atoms with Crippen molar-refractivity contribution in [3.63, 3.8) is 0 Å². The first kappa shape index (κ1) is 12.0. The van der Waals surface area contributed by atoms with Crippen molar-refractivity contribution >= 4 is 5.69 Å². The van der Waals surface area contributed by atoms with Crippen molar-refractivity contribution in [2.75, 3.05) is 18.5 Å². The van der Waals surface area contributed by atoms with E-state index in [0.29, 0.717) is 13.2 Å². The molecule has 2 heterocycles. The Balaban J connectivity index is 1.66. The molecule has 0 saturated heterocycles. The number of fused-ring (bicyclic) bond motifs is 1. The number of furan rings is 1. The van der Waals surface area contributed by atoms with Crippen LogP contribution in [-0.2, 0) is 6.42 Å². The molecule has 1 aromatic carbocycles. The number of benzene rings is 1. The van der Waals surface area contributed by atoms with Crippen LogP contribution in [0.15, 0.2) is 41.0 Å². The van der Waals surface area contributed by atoms with Crippen molar-refractivity contribution in [3.05, 3.63) is 42.4 Å². The summed E-state index contributed by atoms with van der Waals surface area (Å²) in [5, 5.41) is 3.43. The van der Waals surface area contributed by atoms with Gasteiger partial charge in [0.15, 0.2) is 11.5 Å². The molecule has 4 heteroatoms. The van der Waals surface area contributed by atoms with Gasteiger partial charge in [-0.2, -0.15) is 0 Å². The summed E-state index contributed by atoms with van der Waals surface area (Å²) < 4.78 is 16.4. The van der Waals surface area contributed by atoms with E-state index in [4.69, 9.17) is 13.9 Å². The van der Waals surface area contributed by atoms with Gasteiger partial charge in [-0.3, -0.25) is 0 Å². The van der Waals surface area contributed by atoms with Crippen LogP contribution in [0.4, 0.5) is 5.69 Å². The first-order valence-electron chi connectivity index (χ1n) is 6.50. The van der Waals surface area contributed by atoms with Gasteiger partial charge in [0.1, 0.15) is 19.0 Å². The quantitative estimate of drug-likeness (QED) is 0.916. The molecule has 4 nitrogen and oxygen atoms in total. The molecule has 2 aromatic rings. The molecule has 1 N–H and O–H groups in total. The van der Waals surface area contributed by atoms with Crippen LogP contribution in [0.1, 0.15) is 12.7 Å². The van der Waals surface area contributed by atoms with Gasteiger partial charge in [-0.15, -0.1) is 0 Å². The molecule has 0 saturated carbocycles. The molecule has 0 aliphatic carbocycles. The van der Waals surface area contributed by atoms with Crippen molar-refractivity contribution < 1.29 is 13.9 Å². The molecule has 0 bridgehead atoms. The first-order valence-corrected chi connectivity index (χ1v) is 6.50. The van der Waals surface area contributed by atoms with Crippen molar-refractivity contribution in [2.24, 2.45) is 0 Å². The monoisotopic (exact) mass is 259 g/mol. The van der Waals surface area contributed by atoms with Gasteiger partial charge in [-0.25, -0.2) is 0 Å². The summed E-state index contributed by atoms with van der Waals surface area (Å²) in [4.78, 5) is 0. The maximum atomic E-state index is 5.57. The van der Waals surface area contributed by atoms with Crippen molar-refractivity contribution in [3.8, 4) is 11.5 Å². The SMILES string of the molecule is CC(Cc1ccco1)Nc1ccc2c(c1)OCCO2. The zero-order valence-electron chi connectivity index (χ0n) is 10.9. The summed E-state index contributed by atoms with van der Waals surface area (Å²) in [6.07, 6.45) is 2.55. The highest BCUT2D eigenvalue weighted by Gasteiger charge is 2.13. The summed E-state index contributed by atoms with van der Waals surface area (Å²) >= 11 is 0. The largest absolute Gasteiger partial charge is 0.486 e. The molecule has 3 rings (SSSR count). The Kier molecular flexibility index (Phi) is 3.31. The lowest BCUT2D eigenvalue weighted by atomic mass is 10.2. The second-order valence-corrected chi connectivity index (χ2v) is 4.69. The second-order valence-electron chi connectivity index (χ2n) is 4.69. The number of hydrogen-bond donors (Lipinski definition) is 1. The fourth-order valence-corrected chi connectivity index (χ4v) is 2.20. The Morgan fingerprint density at radius 1 is 1.16 bits per heavy atom. The van der Waals surface area contributed by atoms with Crippen molar-refractivity contribution in [2.45, 2.75) is 19.4 Å². The van der Waals surface area contributed by atoms with Gasteiger partial charge in [0, 0.05) is 24.2 Å². The lowest BCUT2D eigenvalue weighted by Gasteiger charge is -2.20. The third kappa shape index (κ3) is 2.84. The average Bonchev–Trinajstić information content (AvgIpc) is 2.91. The van der Waals surface area contributed by atoms with Gasteiger partial charge in [-0.1, -0.05) is 0 Å². The van der Waals surface area contributed by atoms with Gasteiger partial charge in [-0.05, 0) is 31.2 Å². The number of anilines is 1. The van der Waals surface area contributed by atoms with Crippen LogP contribution in [-0.4, -0.2) is 19.3 Å². The van der Waals surface area contributed by atoms with E-state index in [1.54, 1.807) is 6.26 Å². The predicted octanol–water partition coefficient (Wildman–Crippen LogP) is 3.09. The molecule has 0 radical (unpaired) electrons. The first-order chi connectivity index (χ1) is 9.31. The van der Waals surface area contributed by atoms with E-state index < -0.39 is 0 Å². The molecule has 100 valence electrons. The van der Waals surface area contributed by atoms with Gasteiger partial charge in [0.05, 0.1) is 6.26 Å². The van der Waals surface area contributed by atoms with Gasteiger partial charge in [0.2, 0.25) is 0 Å². The van der Waals surface area contributed by atoms with Crippen molar-refractivity contribution in [1.82, 2.24) is 0 Å². The summed E-state index contributed by atoms with van der Waals surface area (Å²) in [5.74, 6) is 2.61. The summed E-state index contributed by atoms with van der Waals surface area (Å²) in [7, 11) is 0. The summed E-state index contributed by atoms with van der Waals surface area (Å²) in [6.45, 7) is 3.35. The maximum absolute atomic E-state index is 5.57. The second kappa shape index (κ2) is 5.26. The number of ether oxygens (including phenoxy) is 2. The zero-order chi connectivity index (χ0) is 13.1. The van der Waals surface area contributed by atoms with E-state index in [0.717, 1.165) is 29.4 Å². The van der Waals surface area contributed by atoms with Crippen molar-refractivity contribution in [1.29, 1.82) is 0 Å². The van der Waals surface area contributed by atoms with Gasteiger partial charge in [0.25, 0.3) is 0 Å². The molecular formula is C15H17NO3. The van der Waals surface area contributed by atoms with Crippen LogP contribution in [0, 0.1) is 0 Å². The Labute approximate surface area is 112 Å². The lowest BCUT2D eigenvalue weighted by Crippen LogP contribution is -2.19. The standard InChI is InChI=1S/C15H17NO3/c1-11(9-13-3-2-6-17-13)16-12-4-5-14-15(10-12)19-8-7-18-14/h2-6,10-11,16H,7-9H2,1H3. The predicted molar refractivity (Wildman–Crippen MR) is 72.9 cm³/mol. The fraction of sp³-hybridized carbons (Fsp3) is 0.333. The highest BCUT2D eigenvalue weighted by atomic mass is 16.6. The minimum atomic E-state index is 0.286. The number of hydrogen-bond acceptors (Lipinski definition) is 4. The van der Waals surface area contributed by atoms with E-state index in [2.05, 4.69) is 12.2 Å². The third-order valence-electron chi connectivity index (χ3n) is 3.04. The highest BCUT2D eigenvalue weighted by Crippen LogP contribution is 2.32. The minimum Gasteiger partial charge on any atom is -0.486 e. The average molecular weight is 259 g/mol. The number of rotatable bonds is 4. The molecule has 1 aliphatic rings. The molecule has 0 spiro atoms. The topological polar surface area (TPSA) is 43.6 Å². The summed E-state index contributed by atoms with van der Waals surface area (Å²) in [5.41, 5.74) is 1.03. The Morgan fingerprint density at radius 3 is 2.79 bits per heavy atom. The van der Waals surface area contributed by atoms with Gasteiger partial charge >= 0.3 is 0 Å². The molecule has 1 aromatic heterocycles. The highest BCUT2D eigenvalue weighted by molar-refractivity contribution is 5.55. The smallest absolute Gasteiger partial charge is 0.163 e. The Bertz CT molecular complexity index is 536. The van der Waals surface area contributed by atoms with E-state index in [-0.39, 0.29) is 6.04 Å². The van der Waals surface area contributed by atoms with E-state index in [1.807, 2.05) is 30.3 Å². The number of nitrogens with one attached hydrogen (secondary N) is 1. The Morgan fingerprint density at radius 2 is 2.00 bits per heavy atom. The Hall–Kier alpha value is -2.10. The molecule has 19 heavy (non-hydrogen) atoms. The minimum absolute atomic E-state index is 0.286. The third-order valence-corrected chi connectivity index (χ3v) is 3.04.